The minimum Gasteiger partial charge on any atom is -0.350 e. The number of nitrogens with one attached hydrogen (secondary N) is 1. The maximum Gasteiger partial charge on any atom is 0.264 e. The Morgan fingerprint density at radius 2 is 1.47 bits per heavy atom. The molecule has 1 atom stereocenters. The zero-order valence-electron chi connectivity index (χ0n) is 22.9. The van der Waals surface area contributed by atoms with Crippen LogP contribution in [0.15, 0.2) is 83.8 Å². The molecule has 3 aromatic carbocycles. The molecule has 202 valence electrons. The van der Waals surface area contributed by atoms with E-state index in [2.05, 4.69) is 5.32 Å². The molecule has 0 aliphatic carbocycles. The van der Waals surface area contributed by atoms with Crippen LogP contribution in [0, 0.1) is 13.8 Å². The van der Waals surface area contributed by atoms with Gasteiger partial charge in [-0.1, -0.05) is 60.7 Å². The predicted molar refractivity (Wildman–Crippen MR) is 151 cm³/mol. The van der Waals surface area contributed by atoms with Crippen LogP contribution in [0.1, 0.15) is 44.4 Å². The molecule has 0 spiro atoms. The Hall–Kier alpha value is -3.65. The van der Waals surface area contributed by atoms with Gasteiger partial charge < -0.3 is 10.2 Å². The molecule has 3 aromatic rings. The zero-order valence-corrected chi connectivity index (χ0v) is 23.7. The number of hydrogen-bond acceptors (Lipinski definition) is 4. The van der Waals surface area contributed by atoms with Crippen molar-refractivity contribution in [2.24, 2.45) is 0 Å². The monoisotopic (exact) mass is 535 g/mol. The van der Waals surface area contributed by atoms with Crippen LogP contribution >= 0.6 is 0 Å². The van der Waals surface area contributed by atoms with Gasteiger partial charge in [0.25, 0.3) is 10.0 Å². The minimum atomic E-state index is -4.08. The van der Waals surface area contributed by atoms with Crippen LogP contribution in [0.25, 0.3) is 0 Å². The SMILES string of the molecule is Cc1ccc(C)c(N(CC(=O)N(Cc2ccccc2)C(C)C(=O)NC(C)(C)C)S(=O)(=O)c2ccccc2)c1. The summed E-state index contributed by atoms with van der Waals surface area (Å²) < 4.78 is 28.9. The summed E-state index contributed by atoms with van der Waals surface area (Å²) in [6.07, 6.45) is 0. The molecule has 38 heavy (non-hydrogen) atoms. The first-order chi connectivity index (χ1) is 17.8. The van der Waals surface area contributed by atoms with E-state index < -0.39 is 34.1 Å². The molecule has 0 heterocycles. The molecule has 0 saturated heterocycles. The summed E-state index contributed by atoms with van der Waals surface area (Å²) >= 11 is 0. The van der Waals surface area contributed by atoms with Gasteiger partial charge in [-0.25, -0.2) is 8.42 Å². The predicted octanol–water partition coefficient (Wildman–Crippen LogP) is 4.83. The Bertz CT molecular complexity index is 1370. The average molecular weight is 536 g/mol. The molecule has 8 heteroatoms. The van der Waals surface area contributed by atoms with E-state index in [0.717, 1.165) is 21.0 Å². The molecule has 1 unspecified atom stereocenters. The Kier molecular flexibility index (Phi) is 8.99. The van der Waals surface area contributed by atoms with Crippen LogP contribution in [-0.4, -0.2) is 43.3 Å². The van der Waals surface area contributed by atoms with E-state index >= 15 is 0 Å². The Balaban J connectivity index is 2.06. The van der Waals surface area contributed by atoms with Crippen molar-refractivity contribution in [2.45, 2.75) is 64.6 Å². The number of aryl methyl sites for hydroxylation is 2. The van der Waals surface area contributed by atoms with Crippen LogP contribution in [0.3, 0.4) is 0 Å². The van der Waals surface area contributed by atoms with E-state index in [9.17, 15) is 18.0 Å². The van der Waals surface area contributed by atoms with E-state index in [-0.39, 0.29) is 17.3 Å². The number of carbonyl (C=O) groups is 2. The number of amides is 2. The van der Waals surface area contributed by atoms with Gasteiger partial charge in [-0.05, 0) is 76.4 Å². The number of benzene rings is 3. The fourth-order valence-corrected chi connectivity index (χ4v) is 5.55. The quantitative estimate of drug-likeness (QED) is 0.425. The summed E-state index contributed by atoms with van der Waals surface area (Å²) in [5.41, 5.74) is 2.35. The molecule has 0 aromatic heterocycles. The molecule has 0 bridgehead atoms. The molecule has 1 N–H and O–H groups in total. The molecule has 7 nitrogen and oxygen atoms in total. The molecule has 2 amide bonds. The fourth-order valence-electron chi connectivity index (χ4n) is 4.06. The fraction of sp³-hybridized carbons (Fsp3) is 0.333. The molecular weight excluding hydrogens is 498 g/mol. The lowest BCUT2D eigenvalue weighted by molar-refractivity contribution is -0.140. The first-order valence-corrected chi connectivity index (χ1v) is 14.0. The van der Waals surface area contributed by atoms with Gasteiger partial charge in [0, 0.05) is 12.1 Å². The van der Waals surface area contributed by atoms with Crippen molar-refractivity contribution in [3.8, 4) is 0 Å². The highest BCUT2D eigenvalue weighted by Gasteiger charge is 2.33. The molecule has 0 fully saturated rings. The molecule has 3 rings (SSSR count). The van der Waals surface area contributed by atoms with Gasteiger partial charge in [0.15, 0.2) is 0 Å². The smallest absolute Gasteiger partial charge is 0.264 e. The number of hydrogen-bond donors (Lipinski definition) is 1. The third-order valence-corrected chi connectivity index (χ3v) is 7.88. The second-order valence-corrected chi connectivity index (χ2v) is 12.4. The molecular formula is C30H37N3O4S. The lowest BCUT2D eigenvalue weighted by Gasteiger charge is -2.34. The normalized spacial score (nSPS) is 12.5. The van der Waals surface area contributed by atoms with E-state index in [1.807, 2.05) is 77.1 Å². The second kappa shape index (κ2) is 11.8. The van der Waals surface area contributed by atoms with Crippen LogP contribution in [-0.2, 0) is 26.2 Å². The van der Waals surface area contributed by atoms with Crippen molar-refractivity contribution in [3.63, 3.8) is 0 Å². The van der Waals surface area contributed by atoms with Crippen molar-refractivity contribution in [2.75, 3.05) is 10.8 Å². The van der Waals surface area contributed by atoms with Crippen LogP contribution in [0.5, 0.6) is 0 Å². The number of nitrogens with zero attached hydrogens (tertiary/aromatic N) is 2. The first kappa shape index (κ1) is 28.9. The van der Waals surface area contributed by atoms with Crippen LogP contribution in [0.2, 0.25) is 0 Å². The van der Waals surface area contributed by atoms with Crippen molar-refractivity contribution >= 4 is 27.5 Å². The van der Waals surface area contributed by atoms with E-state index in [1.165, 1.54) is 17.0 Å². The minimum absolute atomic E-state index is 0.0850. The summed E-state index contributed by atoms with van der Waals surface area (Å²) in [6.45, 7) is 10.7. The lowest BCUT2D eigenvalue weighted by atomic mass is 10.1. The summed E-state index contributed by atoms with van der Waals surface area (Å²) in [6, 6.07) is 22.1. The average Bonchev–Trinajstić information content (AvgIpc) is 2.87. The number of anilines is 1. The van der Waals surface area contributed by atoms with Gasteiger partial charge >= 0.3 is 0 Å². The highest BCUT2D eigenvalue weighted by atomic mass is 32.2. The maximum atomic E-state index is 14.0. The third kappa shape index (κ3) is 7.22. The first-order valence-electron chi connectivity index (χ1n) is 12.6. The lowest BCUT2D eigenvalue weighted by Crippen LogP contribution is -2.54. The van der Waals surface area contributed by atoms with Gasteiger partial charge in [-0.2, -0.15) is 0 Å². The number of rotatable bonds is 9. The summed E-state index contributed by atoms with van der Waals surface area (Å²) in [5, 5.41) is 2.93. The van der Waals surface area contributed by atoms with Gasteiger partial charge in [0.1, 0.15) is 12.6 Å². The van der Waals surface area contributed by atoms with E-state index in [1.54, 1.807) is 31.2 Å². The highest BCUT2D eigenvalue weighted by molar-refractivity contribution is 7.92. The maximum absolute atomic E-state index is 14.0. The van der Waals surface area contributed by atoms with Crippen LogP contribution in [0.4, 0.5) is 5.69 Å². The second-order valence-electron chi connectivity index (χ2n) is 10.5. The van der Waals surface area contributed by atoms with Gasteiger partial charge in [0.2, 0.25) is 11.8 Å². The van der Waals surface area contributed by atoms with Crippen molar-refractivity contribution in [1.82, 2.24) is 10.2 Å². The third-order valence-electron chi connectivity index (χ3n) is 6.10. The molecule has 0 aliphatic heterocycles. The van der Waals surface area contributed by atoms with Crippen molar-refractivity contribution < 1.29 is 18.0 Å². The Morgan fingerprint density at radius 3 is 2.05 bits per heavy atom. The number of sulfonamides is 1. The number of carbonyl (C=O) groups excluding carboxylic acids is 2. The Morgan fingerprint density at radius 1 is 0.895 bits per heavy atom. The van der Waals surface area contributed by atoms with Crippen LogP contribution < -0.4 is 9.62 Å². The topological polar surface area (TPSA) is 86.8 Å². The largest absolute Gasteiger partial charge is 0.350 e. The van der Waals surface area contributed by atoms with Gasteiger partial charge in [-0.3, -0.25) is 13.9 Å². The van der Waals surface area contributed by atoms with Gasteiger partial charge in [-0.15, -0.1) is 0 Å². The molecule has 0 saturated carbocycles. The summed E-state index contributed by atoms with van der Waals surface area (Å²) in [4.78, 5) is 28.6. The van der Waals surface area contributed by atoms with E-state index in [0.29, 0.717) is 5.69 Å². The highest BCUT2D eigenvalue weighted by Crippen LogP contribution is 2.28. The zero-order chi connectivity index (χ0) is 28.1. The standard InChI is InChI=1S/C30H37N3O4S/c1-22-17-18-23(2)27(19-22)33(38(36,37)26-15-11-8-12-16-26)21-28(34)32(20-25-13-9-7-10-14-25)24(3)29(35)31-30(4,5)6/h7-19,24H,20-21H2,1-6H3,(H,31,35). The Labute approximate surface area is 226 Å². The van der Waals surface area contributed by atoms with Gasteiger partial charge in [0.05, 0.1) is 10.6 Å². The van der Waals surface area contributed by atoms with Crippen molar-refractivity contribution in [3.05, 3.63) is 95.6 Å². The molecule has 0 aliphatic rings. The van der Waals surface area contributed by atoms with Crippen molar-refractivity contribution in [1.29, 1.82) is 0 Å². The summed E-state index contributed by atoms with van der Waals surface area (Å²) in [7, 11) is -4.08. The summed E-state index contributed by atoms with van der Waals surface area (Å²) in [5.74, 6) is -0.795. The van der Waals surface area contributed by atoms with E-state index in [4.69, 9.17) is 0 Å². The molecule has 0 radical (unpaired) electrons.